The molecule has 0 aliphatic heterocycles. The minimum absolute atomic E-state index is 0.0265. The van der Waals surface area contributed by atoms with Gasteiger partial charge in [0.2, 0.25) is 11.8 Å². The first kappa shape index (κ1) is 27.6. The SMILES string of the molecule is CCNC(=O)C(CC)N(Cc1ccccc1Cl)C(=O)CN(c1ccccc1F)S(=O)(=O)N(C)C. The first-order valence-electron chi connectivity index (χ1n) is 10.8. The highest BCUT2D eigenvalue weighted by Gasteiger charge is 2.34. The van der Waals surface area contributed by atoms with Crippen molar-refractivity contribution in [2.75, 3.05) is 31.5 Å². The fourth-order valence-corrected chi connectivity index (χ4v) is 4.64. The van der Waals surface area contributed by atoms with E-state index in [1.54, 1.807) is 38.1 Å². The van der Waals surface area contributed by atoms with Crippen LogP contribution >= 0.6 is 11.6 Å². The Morgan fingerprint density at radius 3 is 2.24 bits per heavy atom. The highest BCUT2D eigenvalue weighted by atomic mass is 35.5. The van der Waals surface area contributed by atoms with Gasteiger partial charge in [-0.25, -0.2) is 8.70 Å². The van der Waals surface area contributed by atoms with Crippen molar-refractivity contribution in [2.45, 2.75) is 32.9 Å². The summed E-state index contributed by atoms with van der Waals surface area (Å²) in [4.78, 5) is 27.6. The first-order valence-corrected chi connectivity index (χ1v) is 12.6. The van der Waals surface area contributed by atoms with Gasteiger partial charge >= 0.3 is 10.2 Å². The molecular formula is C23H30ClFN4O4S. The van der Waals surface area contributed by atoms with Crippen molar-refractivity contribution >= 4 is 39.3 Å². The van der Waals surface area contributed by atoms with Gasteiger partial charge in [0.15, 0.2) is 0 Å². The quantitative estimate of drug-likeness (QED) is 0.501. The molecule has 0 heterocycles. The maximum atomic E-state index is 14.6. The second kappa shape index (κ2) is 12.1. The number of benzene rings is 2. The Hall–Kier alpha value is -2.69. The zero-order valence-corrected chi connectivity index (χ0v) is 21.2. The molecule has 2 amide bonds. The van der Waals surface area contributed by atoms with Crippen LogP contribution in [0.25, 0.3) is 0 Å². The van der Waals surface area contributed by atoms with Gasteiger partial charge in [0, 0.05) is 32.2 Å². The normalized spacial score (nSPS) is 12.3. The summed E-state index contributed by atoms with van der Waals surface area (Å²) in [6, 6.07) is 11.3. The van der Waals surface area contributed by atoms with E-state index in [4.69, 9.17) is 11.6 Å². The van der Waals surface area contributed by atoms with Gasteiger partial charge in [-0.2, -0.15) is 12.7 Å². The van der Waals surface area contributed by atoms with Crippen molar-refractivity contribution in [3.05, 3.63) is 64.9 Å². The topological polar surface area (TPSA) is 90.0 Å². The molecule has 0 saturated heterocycles. The molecule has 0 spiro atoms. The van der Waals surface area contributed by atoms with E-state index in [2.05, 4.69) is 5.32 Å². The molecule has 0 bridgehead atoms. The van der Waals surface area contributed by atoms with Gasteiger partial charge in [-0.15, -0.1) is 0 Å². The third-order valence-electron chi connectivity index (χ3n) is 5.18. The molecule has 0 aromatic heterocycles. The van der Waals surface area contributed by atoms with Gasteiger partial charge in [0.1, 0.15) is 18.4 Å². The van der Waals surface area contributed by atoms with Crippen LogP contribution in [0.1, 0.15) is 25.8 Å². The highest BCUT2D eigenvalue weighted by Crippen LogP contribution is 2.25. The van der Waals surface area contributed by atoms with Crippen LogP contribution in [0.15, 0.2) is 48.5 Å². The average Bonchev–Trinajstić information content (AvgIpc) is 2.79. The zero-order valence-electron chi connectivity index (χ0n) is 19.7. The number of carbonyl (C=O) groups excluding carboxylic acids is 2. The van der Waals surface area contributed by atoms with Crippen molar-refractivity contribution in [1.29, 1.82) is 0 Å². The number of hydrogen-bond acceptors (Lipinski definition) is 4. The lowest BCUT2D eigenvalue weighted by molar-refractivity contribution is -0.140. The molecule has 11 heteroatoms. The summed E-state index contributed by atoms with van der Waals surface area (Å²) in [5, 5.41) is 3.11. The molecular weight excluding hydrogens is 483 g/mol. The van der Waals surface area contributed by atoms with Crippen LogP contribution in [-0.2, 0) is 26.3 Å². The van der Waals surface area contributed by atoms with Gasteiger partial charge in [0.05, 0.1) is 5.69 Å². The number of para-hydroxylation sites is 1. The zero-order chi connectivity index (χ0) is 25.5. The van der Waals surface area contributed by atoms with E-state index in [0.29, 0.717) is 21.4 Å². The van der Waals surface area contributed by atoms with Crippen LogP contribution in [0, 0.1) is 5.82 Å². The molecule has 0 radical (unpaired) electrons. The number of amides is 2. The van der Waals surface area contributed by atoms with Crippen LogP contribution in [-0.4, -0.2) is 62.7 Å². The minimum Gasteiger partial charge on any atom is -0.355 e. The van der Waals surface area contributed by atoms with Crippen LogP contribution < -0.4 is 9.62 Å². The number of likely N-dealkylation sites (N-methyl/N-ethyl adjacent to an activating group) is 1. The molecule has 186 valence electrons. The van der Waals surface area contributed by atoms with Crippen LogP contribution in [0.2, 0.25) is 5.02 Å². The van der Waals surface area contributed by atoms with Crippen LogP contribution in [0.5, 0.6) is 0 Å². The summed E-state index contributed by atoms with van der Waals surface area (Å²) in [5.41, 5.74) is 0.321. The molecule has 0 aliphatic rings. The average molecular weight is 513 g/mol. The number of carbonyl (C=O) groups is 2. The molecule has 1 unspecified atom stereocenters. The summed E-state index contributed by atoms with van der Waals surface area (Å²) < 4.78 is 42.3. The summed E-state index contributed by atoms with van der Waals surface area (Å²) >= 11 is 6.30. The number of anilines is 1. The van der Waals surface area contributed by atoms with Crippen molar-refractivity contribution in [1.82, 2.24) is 14.5 Å². The third kappa shape index (κ3) is 6.46. The smallest absolute Gasteiger partial charge is 0.304 e. The maximum absolute atomic E-state index is 14.6. The Morgan fingerprint density at radius 1 is 1.06 bits per heavy atom. The van der Waals surface area contributed by atoms with E-state index < -0.39 is 34.5 Å². The van der Waals surface area contributed by atoms with Gasteiger partial charge in [-0.05, 0) is 37.1 Å². The largest absolute Gasteiger partial charge is 0.355 e. The molecule has 0 aliphatic carbocycles. The predicted octanol–water partition coefficient (Wildman–Crippen LogP) is 3.04. The summed E-state index contributed by atoms with van der Waals surface area (Å²) in [7, 11) is -1.65. The predicted molar refractivity (Wildman–Crippen MR) is 131 cm³/mol. The molecule has 2 aromatic carbocycles. The Morgan fingerprint density at radius 2 is 1.68 bits per heavy atom. The number of nitrogens with one attached hydrogen (secondary N) is 1. The summed E-state index contributed by atoms with van der Waals surface area (Å²) in [6.07, 6.45) is 0.280. The molecule has 0 saturated carbocycles. The molecule has 8 nitrogen and oxygen atoms in total. The fraction of sp³-hybridized carbons (Fsp3) is 0.391. The van der Waals surface area contributed by atoms with Gasteiger partial charge in [-0.3, -0.25) is 9.59 Å². The van der Waals surface area contributed by atoms with E-state index in [9.17, 15) is 22.4 Å². The Bertz CT molecular complexity index is 1110. The van der Waals surface area contributed by atoms with Crippen molar-refractivity contribution in [3.8, 4) is 0 Å². The lowest BCUT2D eigenvalue weighted by atomic mass is 10.1. The second-order valence-electron chi connectivity index (χ2n) is 7.68. The van der Waals surface area contributed by atoms with Gasteiger partial charge in [-0.1, -0.05) is 48.9 Å². The maximum Gasteiger partial charge on any atom is 0.304 e. The molecule has 2 rings (SSSR count). The Kier molecular flexibility index (Phi) is 9.84. The number of rotatable bonds is 11. The molecule has 1 atom stereocenters. The van der Waals surface area contributed by atoms with E-state index >= 15 is 0 Å². The number of halogens is 2. The minimum atomic E-state index is -4.23. The third-order valence-corrected chi connectivity index (χ3v) is 7.35. The monoisotopic (exact) mass is 512 g/mol. The standard InChI is InChI=1S/C23H30ClFN4O4S/c1-5-20(23(31)26-6-2)28(15-17-11-7-8-12-18(17)24)22(30)16-29(34(32,33)27(3)4)21-14-10-9-13-19(21)25/h7-14,20H,5-6,15-16H2,1-4H3,(H,26,31). The number of hydrogen-bond donors (Lipinski definition) is 1. The van der Waals surface area contributed by atoms with E-state index in [0.717, 1.165) is 10.4 Å². The summed E-state index contributed by atoms with van der Waals surface area (Å²) in [6.45, 7) is 3.13. The van der Waals surface area contributed by atoms with Gasteiger partial charge < -0.3 is 10.2 Å². The number of nitrogens with zero attached hydrogens (tertiary/aromatic N) is 3. The Balaban J connectivity index is 2.53. The first-order chi connectivity index (χ1) is 16.0. The van der Waals surface area contributed by atoms with E-state index in [1.807, 2.05) is 0 Å². The van der Waals surface area contributed by atoms with Crippen molar-refractivity contribution in [3.63, 3.8) is 0 Å². The van der Waals surface area contributed by atoms with Crippen LogP contribution in [0.4, 0.5) is 10.1 Å². The Labute approximate surface area is 205 Å². The fourth-order valence-electron chi connectivity index (χ4n) is 3.38. The van der Waals surface area contributed by atoms with Crippen molar-refractivity contribution < 1.29 is 22.4 Å². The summed E-state index contributed by atoms with van der Waals surface area (Å²) in [5.74, 6) is -1.85. The second-order valence-corrected chi connectivity index (χ2v) is 10.2. The molecule has 1 N–H and O–H groups in total. The molecule has 34 heavy (non-hydrogen) atoms. The highest BCUT2D eigenvalue weighted by molar-refractivity contribution is 7.90. The molecule has 2 aromatic rings. The molecule has 0 fully saturated rings. The van der Waals surface area contributed by atoms with Crippen molar-refractivity contribution in [2.24, 2.45) is 0 Å². The van der Waals surface area contributed by atoms with E-state index in [1.165, 1.54) is 37.2 Å². The lowest BCUT2D eigenvalue weighted by Crippen LogP contribution is -2.53. The van der Waals surface area contributed by atoms with Crippen LogP contribution in [0.3, 0.4) is 0 Å². The lowest BCUT2D eigenvalue weighted by Gasteiger charge is -2.34. The van der Waals surface area contributed by atoms with E-state index in [-0.39, 0.29) is 24.6 Å². The van der Waals surface area contributed by atoms with Gasteiger partial charge in [0.25, 0.3) is 0 Å².